The van der Waals surface area contributed by atoms with E-state index in [0.29, 0.717) is 12.4 Å². The molecule has 3 aromatic carbocycles. The Kier molecular flexibility index (Phi) is 5.00. The van der Waals surface area contributed by atoms with Crippen LogP contribution >= 0.6 is 0 Å². The number of carboxylic acid groups (broad SMARTS) is 1. The quantitative estimate of drug-likeness (QED) is 0.713. The summed E-state index contributed by atoms with van der Waals surface area (Å²) >= 11 is 0. The summed E-state index contributed by atoms with van der Waals surface area (Å²) in [7, 11) is 1.60. The van der Waals surface area contributed by atoms with Gasteiger partial charge in [0.05, 0.1) is 7.11 Å². The second kappa shape index (κ2) is 7.53. The summed E-state index contributed by atoms with van der Waals surface area (Å²) in [4.78, 5) is 11.6. The van der Waals surface area contributed by atoms with Gasteiger partial charge in [0, 0.05) is 0 Å². The molecular weight excluding hydrogens is 316 g/mol. The van der Waals surface area contributed by atoms with E-state index in [0.717, 1.165) is 22.4 Å². The van der Waals surface area contributed by atoms with Crippen LogP contribution in [0.1, 0.15) is 15.9 Å². The molecule has 1 N–H and O–H groups in total. The third-order valence-corrected chi connectivity index (χ3v) is 3.85. The maximum atomic E-state index is 11.6. The summed E-state index contributed by atoms with van der Waals surface area (Å²) in [5.74, 6) is 0.0505. The van der Waals surface area contributed by atoms with E-state index in [9.17, 15) is 9.90 Å². The van der Waals surface area contributed by atoms with Crippen LogP contribution in [0.4, 0.5) is 0 Å². The topological polar surface area (TPSA) is 55.8 Å². The minimum Gasteiger partial charge on any atom is -0.497 e. The van der Waals surface area contributed by atoms with E-state index in [2.05, 4.69) is 0 Å². The molecule has 0 fully saturated rings. The molecule has 25 heavy (non-hydrogen) atoms. The first-order chi connectivity index (χ1) is 12.2. The van der Waals surface area contributed by atoms with Gasteiger partial charge in [0.2, 0.25) is 0 Å². The fraction of sp³-hybridized carbons (Fsp3) is 0.0952. The number of hydrogen-bond donors (Lipinski definition) is 1. The highest BCUT2D eigenvalue weighted by Gasteiger charge is 2.13. The van der Waals surface area contributed by atoms with Gasteiger partial charge in [-0.05, 0) is 41.0 Å². The largest absolute Gasteiger partial charge is 0.497 e. The van der Waals surface area contributed by atoms with Crippen LogP contribution in [-0.4, -0.2) is 18.2 Å². The molecule has 126 valence electrons. The Bertz CT molecular complexity index is 872. The van der Waals surface area contributed by atoms with Crippen molar-refractivity contribution in [3.63, 3.8) is 0 Å². The standard InChI is InChI=1S/C21H18O4/c1-24-18-9-5-8-16(12-18)17-10-11-20(19(13-17)21(22)23)25-14-15-6-3-2-4-7-15/h2-13H,14H2,1H3,(H,22,23). The van der Waals surface area contributed by atoms with Crippen LogP contribution < -0.4 is 9.47 Å². The maximum Gasteiger partial charge on any atom is 0.339 e. The number of methoxy groups -OCH3 is 1. The number of carbonyl (C=O) groups is 1. The van der Waals surface area contributed by atoms with Crippen LogP contribution in [0, 0.1) is 0 Å². The highest BCUT2D eigenvalue weighted by atomic mass is 16.5. The van der Waals surface area contributed by atoms with Crippen molar-refractivity contribution in [2.75, 3.05) is 7.11 Å². The summed E-state index contributed by atoms with van der Waals surface area (Å²) in [6.07, 6.45) is 0. The van der Waals surface area contributed by atoms with Crippen LogP contribution in [0.2, 0.25) is 0 Å². The summed E-state index contributed by atoms with van der Waals surface area (Å²) < 4.78 is 10.9. The molecule has 3 rings (SSSR count). The van der Waals surface area contributed by atoms with E-state index in [1.54, 1.807) is 19.2 Å². The first kappa shape index (κ1) is 16.6. The fourth-order valence-corrected chi connectivity index (χ4v) is 2.54. The molecule has 0 heterocycles. The highest BCUT2D eigenvalue weighted by Crippen LogP contribution is 2.29. The van der Waals surface area contributed by atoms with Gasteiger partial charge >= 0.3 is 5.97 Å². The van der Waals surface area contributed by atoms with Gasteiger partial charge < -0.3 is 14.6 Å². The third-order valence-electron chi connectivity index (χ3n) is 3.85. The lowest BCUT2D eigenvalue weighted by molar-refractivity contribution is 0.0692. The normalized spacial score (nSPS) is 10.3. The van der Waals surface area contributed by atoms with Gasteiger partial charge in [0.1, 0.15) is 23.7 Å². The second-order valence-corrected chi connectivity index (χ2v) is 5.52. The summed E-state index contributed by atoms with van der Waals surface area (Å²) in [5, 5.41) is 9.53. The lowest BCUT2D eigenvalue weighted by Crippen LogP contribution is -2.03. The Morgan fingerprint density at radius 2 is 1.68 bits per heavy atom. The van der Waals surface area contributed by atoms with E-state index in [4.69, 9.17) is 9.47 Å². The first-order valence-corrected chi connectivity index (χ1v) is 7.86. The molecule has 0 bridgehead atoms. The van der Waals surface area contributed by atoms with Gasteiger partial charge in [-0.1, -0.05) is 48.5 Å². The summed E-state index contributed by atoms with van der Waals surface area (Å²) in [5.41, 5.74) is 2.80. The van der Waals surface area contributed by atoms with Crippen LogP contribution in [0.3, 0.4) is 0 Å². The highest BCUT2D eigenvalue weighted by molar-refractivity contribution is 5.92. The van der Waals surface area contributed by atoms with Gasteiger partial charge in [0.25, 0.3) is 0 Å². The molecule has 0 unspecified atom stereocenters. The number of carboxylic acids is 1. The van der Waals surface area contributed by atoms with E-state index >= 15 is 0 Å². The van der Waals surface area contributed by atoms with Gasteiger partial charge in [-0.3, -0.25) is 0 Å². The van der Waals surface area contributed by atoms with Crippen molar-refractivity contribution in [3.8, 4) is 22.6 Å². The van der Waals surface area contributed by atoms with Crippen molar-refractivity contribution in [3.05, 3.63) is 83.9 Å². The molecule has 4 heteroatoms. The Hall–Kier alpha value is -3.27. The predicted molar refractivity (Wildman–Crippen MR) is 96.2 cm³/mol. The Morgan fingerprint density at radius 3 is 2.40 bits per heavy atom. The molecule has 0 spiro atoms. The minimum atomic E-state index is -1.02. The van der Waals surface area contributed by atoms with Gasteiger partial charge in [-0.2, -0.15) is 0 Å². The second-order valence-electron chi connectivity index (χ2n) is 5.52. The van der Waals surface area contributed by atoms with Gasteiger partial charge in [-0.15, -0.1) is 0 Å². The van der Waals surface area contributed by atoms with Crippen molar-refractivity contribution in [1.82, 2.24) is 0 Å². The Balaban J connectivity index is 1.88. The fourth-order valence-electron chi connectivity index (χ4n) is 2.54. The molecule has 0 aliphatic rings. The van der Waals surface area contributed by atoms with Crippen LogP contribution in [0.25, 0.3) is 11.1 Å². The number of aromatic carboxylic acids is 1. The molecule has 0 aliphatic heterocycles. The molecule has 0 saturated heterocycles. The SMILES string of the molecule is COc1cccc(-c2ccc(OCc3ccccc3)c(C(=O)O)c2)c1. The maximum absolute atomic E-state index is 11.6. The van der Waals surface area contributed by atoms with Gasteiger partial charge in [0.15, 0.2) is 0 Å². The van der Waals surface area contributed by atoms with E-state index in [1.165, 1.54) is 0 Å². The average molecular weight is 334 g/mol. The molecule has 4 nitrogen and oxygen atoms in total. The average Bonchev–Trinajstić information content (AvgIpc) is 2.67. The molecule has 0 atom stereocenters. The molecule has 0 amide bonds. The van der Waals surface area contributed by atoms with Crippen molar-refractivity contribution < 1.29 is 19.4 Å². The molecule has 0 radical (unpaired) electrons. The molecular formula is C21H18O4. The van der Waals surface area contributed by atoms with Crippen molar-refractivity contribution in [1.29, 1.82) is 0 Å². The lowest BCUT2D eigenvalue weighted by atomic mass is 10.0. The van der Waals surface area contributed by atoms with Crippen molar-refractivity contribution >= 4 is 5.97 Å². The first-order valence-electron chi connectivity index (χ1n) is 7.86. The number of hydrogen-bond acceptors (Lipinski definition) is 3. The summed E-state index contributed by atoms with van der Waals surface area (Å²) in [6, 6.07) is 22.3. The zero-order valence-corrected chi connectivity index (χ0v) is 13.8. The Labute approximate surface area is 146 Å². The minimum absolute atomic E-state index is 0.135. The Morgan fingerprint density at radius 1 is 0.920 bits per heavy atom. The van der Waals surface area contributed by atoms with Crippen molar-refractivity contribution in [2.24, 2.45) is 0 Å². The third kappa shape index (κ3) is 3.98. The lowest BCUT2D eigenvalue weighted by Gasteiger charge is -2.12. The molecule has 3 aromatic rings. The summed E-state index contributed by atoms with van der Waals surface area (Å²) in [6.45, 7) is 0.319. The zero-order valence-electron chi connectivity index (χ0n) is 13.8. The van der Waals surface area contributed by atoms with Crippen molar-refractivity contribution in [2.45, 2.75) is 6.61 Å². The smallest absolute Gasteiger partial charge is 0.339 e. The zero-order chi connectivity index (χ0) is 17.6. The number of ether oxygens (including phenoxy) is 2. The van der Waals surface area contributed by atoms with Crippen LogP contribution in [0.15, 0.2) is 72.8 Å². The number of benzene rings is 3. The number of rotatable bonds is 6. The molecule has 0 aliphatic carbocycles. The van der Waals surface area contributed by atoms with Gasteiger partial charge in [-0.25, -0.2) is 4.79 Å². The molecule has 0 saturated carbocycles. The monoisotopic (exact) mass is 334 g/mol. The predicted octanol–water partition coefficient (Wildman–Crippen LogP) is 4.64. The van der Waals surface area contributed by atoms with E-state index < -0.39 is 5.97 Å². The van der Waals surface area contributed by atoms with E-state index in [1.807, 2.05) is 60.7 Å². The van der Waals surface area contributed by atoms with Crippen LogP contribution in [0.5, 0.6) is 11.5 Å². The molecule has 0 aromatic heterocycles. The van der Waals surface area contributed by atoms with Crippen LogP contribution in [-0.2, 0) is 6.61 Å². The van der Waals surface area contributed by atoms with E-state index in [-0.39, 0.29) is 5.56 Å².